The molecule has 0 spiro atoms. The molecular weight excluding hydrogens is 200 g/mol. The lowest BCUT2D eigenvalue weighted by molar-refractivity contribution is 0.450. The summed E-state index contributed by atoms with van der Waals surface area (Å²) in [7, 11) is -3.28. The van der Waals surface area contributed by atoms with Gasteiger partial charge in [-0.3, -0.25) is 0 Å². The number of hydrogen-bond donors (Lipinski definition) is 2. The standard InChI is InChI=1S/C9H22N2O2S/c1-3-9(4-2)8-11-6-5-7-14(10,12)13/h9,11H,3-8H2,1-2H3,(H2,10,12,13). The van der Waals surface area contributed by atoms with Crippen molar-refractivity contribution in [3.05, 3.63) is 0 Å². The molecule has 0 heterocycles. The minimum absolute atomic E-state index is 0.0723. The van der Waals surface area contributed by atoms with Crippen molar-refractivity contribution < 1.29 is 8.42 Å². The van der Waals surface area contributed by atoms with E-state index < -0.39 is 10.0 Å². The molecule has 0 aromatic rings. The Balaban J connectivity index is 3.38. The van der Waals surface area contributed by atoms with Gasteiger partial charge in [-0.05, 0) is 25.4 Å². The van der Waals surface area contributed by atoms with Gasteiger partial charge in [0.15, 0.2) is 0 Å². The Morgan fingerprint density at radius 3 is 2.29 bits per heavy atom. The fraction of sp³-hybridized carbons (Fsp3) is 1.00. The van der Waals surface area contributed by atoms with Crippen LogP contribution >= 0.6 is 0 Å². The summed E-state index contributed by atoms with van der Waals surface area (Å²) in [5.74, 6) is 0.771. The monoisotopic (exact) mass is 222 g/mol. The topological polar surface area (TPSA) is 72.2 Å². The minimum atomic E-state index is -3.28. The van der Waals surface area contributed by atoms with Crippen molar-refractivity contribution in [3.63, 3.8) is 0 Å². The highest BCUT2D eigenvalue weighted by molar-refractivity contribution is 7.89. The molecule has 4 nitrogen and oxygen atoms in total. The van der Waals surface area contributed by atoms with Gasteiger partial charge in [-0.1, -0.05) is 26.7 Å². The van der Waals surface area contributed by atoms with E-state index in [2.05, 4.69) is 19.2 Å². The van der Waals surface area contributed by atoms with Crippen LogP contribution < -0.4 is 10.5 Å². The summed E-state index contributed by atoms with van der Waals surface area (Å²) in [6, 6.07) is 0. The maximum absolute atomic E-state index is 10.6. The van der Waals surface area contributed by atoms with Crippen LogP contribution in [0.3, 0.4) is 0 Å². The highest BCUT2D eigenvalue weighted by Crippen LogP contribution is 2.04. The molecule has 5 heteroatoms. The van der Waals surface area contributed by atoms with E-state index in [1.807, 2.05) is 0 Å². The molecule has 0 aromatic heterocycles. The van der Waals surface area contributed by atoms with E-state index in [4.69, 9.17) is 5.14 Å². The molecule has 0 aliphatic carbocycles. The zero-order chi connectivity index (χ0) is 11.0. The zero-order valence-corrected chi connectivity index (χ0v) is 9.94. The average Bonchev–Trinajstić information content (AvgIpc) is 2.09. The van der Waals surface area contributed by atoms with Crippen LogP contribution in [0.5, 0.6) is 0 Å². The van der Waals surface area contributed by atoms with Gasteiger partial charge in [0.1, 0.15) is 0 Å². The van der Waals surface area contributed by atoms with Crippen LogP contribution in [-0.2, 0) is 10.0 Å². The van der Waals surface area contributed by atoms with Crippen LogP contribution in [0.4, 0.5) is 0 Å². The second kappa shape index (κ2) is 7.20. The van der Waals surface area contributed by atoms with Crippen LogP contribution in [0.25, 0.3) is 0 Å². The normalized spacial score (nSPS) is 12.3. The van der Waals surface area contributed by atoms with Crippen molar-refractivity contribution in [1.82, 2.24) is 5.32 Å². The first-order chi connectivity index (χ1) is 6.49. The van der Waals surface area contributed by atoms with Gasteiger partial charge >= 0.3 is 0 Å². The van der Waals surface area contributed by atoms with Crippen LogP contribution in [-0.4, -0.2) is 27.3 Å². The van der Waals surface area contributed by atoms with E-state index in [0.717, 1.165) is 13.1 Å². The van der Waals surface area contributed by atoms with Crippen molar-refractivity contribution >= 4 is 10.0 Å². The molecular formula is C9H22N2O2S. The molecule has 0 rings (SSSR count). The maximum Gasteiger partial charge on any atom is 0.209 e. The molecule has 0 radical (unpaired) electrons. The lowest BCUT2D eigenvalue weighted by Crippen LogP contribution is -2.26. The van der Waals surface area contributed by atoms with Crippen LogP contribution in [0.2, 0.25) is 0 Å². The molecule has 0 fully saturated rings. The molecule has 0 aromatic carbocycles. The Morgan fingerprint density at radius 2 is 1.86 bits per heavy atom. The minimum Gasteiger partial charge on any atom is -0.316 e. The summed E-state index contributed by atoms with van der Waals surface area (Å²) in [6.07, 6.45) is 2.93. The van der Waals surface area contributed by atoms with Crippen molar-refractivity contribution in [2.24, 2.45) is 11.1 Å². The highest BCUT2D eigenvalue weighted by Gasteiger charge is 2.03. The van der Waals surface area contributed by atoms with Crippen molar-refractivity contribution in [2.75, 3.05) is 18.8 Å². The van der Waals surface area contributed by atoms with Gasteiger partial charge in [-0.15, -0.1) is 0 Å². The molecule has 3 N–H and O–H groups in total. The molecule has 0 aliphatic rings. The Kier molecular flexibility index (Phi) is 7.13. The predicted molar refractivity (Wildman–Crippen MR) is 59.5 cm³/mol. The van der Waals surface area contributed by atoms with E-state index in [9.17, 15) is 8.42 Å². The quantitative estimate of drug-likeness (QED) is 0.594. The predicted octanol–water partition coefficient (Wildman–Crippen LogP) is 0.691. The largest absolute Gasteiger partial charge is 0.316 e. The molecule has 0 saturated carbocycles. The summed E-state index contributed by atoms with van der Waals surface area (Å²) in [5.41, 5.74) is 0. The van der Waals surface area contributed by atoms with Gasteiger partial charge in [-0.2, -0.15) is 0 Å². The second-order valence-corrected chi connectivity index (χ2v) is 5.34. The number of primary sulfonamides is 1. The Bertz CT molecular complexity index is 223. The molecule has 86 valence electrons. The number of nitrogens with two attached hydrogens (primary N) is 1. The van der Waals surface area contributed by atoms with Gasteiger partial charge in [0, 0.05) is 0 Å². The molecule has 0 saturated heterocycles. The summed E-state index contributed by atoms with van der Waals surface area (Å²) < 4.78 is 21.2. The lowest BCUT2D eigenvalue weighted by Gasteiger charge is -2.12. The lowest BCUT2D eigenvalue weighted by atomic mass is 10.0. The SMILES string of the molecule is CCC(CC)CNCCCS(N)(=O)=O. The fourth-order valence-electron chi connectivity index (χ4n) is 1.28. The third-order valence-electron chi connectivity index (χ3n) is 2.37. The summed E-state index contributed by atoms with van der Waals surface area (Å²) >= 11 is 0. The summed E-state index contributed by atoms with van der Waals surface area (Å²) in [5, 5.41) is 8.11. The number of hydrogen-bond acceptors (Lipinski definition) is 3. The van der Waals surface area contributed by atoms with Crippen LogP contribution in [0.1, 0.15) is 33.1 Å². The number of sulfonamides is 1. The molecule has 0 atom stereocenters. The van der Waals surface area contributed by atoms with Gasteiger partial charge < -0.3 is 5.32 Å². The Morgan fingerprint density at radius 1 is 1.29 bits per heavy atom. The molecule has 0 amide bonds. The van der Waals surface area contributed by atoms with Gasteiger partial charge in [-0.25, -0.2) is 13.6 Å². The van der Waals surface area contributed by atoms with E-state index in [1.54, 1.807) is 0 Å². The Labute approximate surface area is 87.3 Å². The van der Waals surface area contributed by atoms with E-state index in [0.29, 0.717) is 12.3 Å². The van der Waals surface area contributed by atoms with E-state index in [-0.39, 0.29) is 5.75 Å². The number of rotatable bonds is 8. The van der Waals surface area contributed by atoms with E-state index in [1.165, 1.54) is 12.8 Å². The van der Waals surface area contributed by atoms with Crippen LogP contribution in [0.15, 0.2) is 0 Å². The van der Waals surface area contributed by atoms with Gasteiger partial charge in [0.05, 0.1) is 5.75 Å². The third kappa shape index (κ3) is 8.47. The molecule has 0 aliphatic heterocycles. The first kappa shape index (κ1) is 13.9. The van der Waals surface area contributed by atoms with Gasteiger partial charge in [0.25, 0.3) is 0 Å². The molecule has 0 bridgehead atoms. The smallest absolute Gasteiger partial charge is 0.209 e. The van der Waals surface area contributed by atoms with Crippen molar-refractivity contribution in [1.29, 1.82) is 0 Å². The van der Waals surface area contributed by atoms with E-state index >= 15 is 0 Å². The van der Waals surface area contributed by atoms with Crippen LogP contribution in [0, 0.1) is 5.92 Å². The molecule has 14 heavy (non-hydrogen) atoms. The Hall–Kier alpha value is -0.130. The third-order valence-corrected chi connectivity index (χ3v) is 3.23. The summed E-state index contributed by atoms with van der Waals surface area (Å²) in [6.45, 7) is 6.03. The van der Waals surface area contributed by atoms with Gasteiger partial charge in [0.2, 0.25) is 10.0 Å². The highest BCUT2D eigenvalue weighted by atomic mass is 32.2. The van der Waals surface area contributed by atoms with Crippen molar-refractivity contribution in [3.8, 4) is 0 Å². The zero-order valence-electron chi connectivity index (χ0n) is 9.12. The number of nitrogens with one attached hydrogen (secondary N) is 1. The maximum atomic E-state index is 10.6. The van der Waals surface area contributed by atoms with Crippen molar-refractivity contribution in [2.45, 2.75) is 33.1 Å². The first-order valence-electron chi connectivity index (χ1n) is 5.20. The molecule has 0 unspecified atom stereocenters. The summed E-state index contributed by atoms with van der Waals surface area (Å²) in [4.78, 5) is 0. The first-order valence-corrected chi connectivity index (χ1v) is 6.92. The second-order valence-electron chi connectivity index (χ2n) is 3.61. The average molecular weight is 222 g/mol. The fourth-order valence-corrected chi connectivity index (χ4v) is 1.83.